The molecule has 1 aliphatic carbocycles. The molecule has 1 rings (SSSR count). The molecule has 0 unspecified atom stereocenters. The van der Waals surface area contributed by atoms with E-state index in [1.807, 2.05) is 36.5 Å². The van der Waals surface area contributed by atoms with Gasteiger partial charge in [0, 0.05) is 13.2 Å². The van der Waals surface area contributed by atoms with Crippen molar-refractivity contribution in [1.82, 2.24) is 0 Å². The van der Waals surface area contributed by atoms with Gasteiger partial charge >= 0.3 is 0 Å². The van der Waals surface area contributed by atoms with Gasteiger partial charge in [-0.3, -0.25) is 0 Å². The fraction of sp³-hybridized carbons (Fsp3) is 0.333. The molecule has 0 saturated heterocycles. The lowest BCUT2D eigenvalue weighted by molar-refractivity contribution is 0.299. The highest BCUT2D eigenvalue weighted by molar-refractivity contribution is 5.35. The number of rotatable bonds is 4. The van der Waals surface area contributed by atoms with E-state index < -0.39 is 0 Å². The van der Waals surface area contributed by atoms with Crippen molar-refractivity contribution in [2.75, 3.05) is 13.2 Å². The molecule has 2 nitrogen and oxygen atoms in total. The minimum atomic E-state index is 0.170. The summed E-state index contributed by atoms with van der Waals surface area (Å²) < 4.78 is 0. The van der Waals surface area contributed by atoms with Crippen molar-refractivity contribution in [3.63, 3.8) is 0 Å². The third-order valence-corrected chi connectivity index (χ3v) is 2.04. The van der Waals surface area contributed by atoms with Gasteiger partial charge in [-0.2, -0.15) is 0 Å². The van der Waals surface area contributed by atoms with Gasteiger partial charge in [-0.1, -0.05) is 36.5 Å². The second kappa shape index (κ2) is 6.35. The third kappa shape index (κ3) is 3.73. The fourth-order valence-corrected chi connectivity index (χ4v) is 1.28. The van der Waals surface area contributed by atoms with Crippen molar-refractivity contribution in [3.8, 4) is 0 Å². The van der Waals surface area contributed by atoms with Crippen molar-refractivity contribution in [1.29, 1.82) is 0 Å². The Labute approximate surface area is 84.6 Å². The molecule has 0 spiro atoms. The first-order chi connectivity index (χ1) is 6.86. The summed E-state index contributed by atoms with van der Waals surface area (Å²) in [5.74, 6) is 0. The zero-order valence-electron chi connectivity index (χ0n) is 8.19. The van der Waals surface area contributed by atoms with Crippen molar-refractivity contribution >= 4 is 0 Å². The summed E-state index contributed by atoms with van der Waals surface area (Å²) in [5.41, 5.74) is 2.21. The van der Waals surface area contributed by atoms with Crippen LogP contribution in [0, 0.1) is 0 Å². The minimum absolute atomic E-state index is 0.170. The summed E-state index contributed by atoms with van der Waals surface area (Å²) in [7, 11) is 0. The van der Waals surface area contributed by atoms with Gasteiger partial charge in [0.1, 0.15) is 0 Å². The maximum atomic E-state index is 8.80. The van der Waals surface area contributed by atoms with Crippen LogP contribution in [-0.2, 0) is 0 Å². The number of aliphatic hydroxyl groups excluding tert-OH is 2. The topological polar surface area (TPSA) is 40.5 Å². The van der Waals surface area contributed by atoms with Crippen LogP contribution in [0.15, 0.2) is 47.6 Å². The predicted octanol–water partition coefficient (Wildman–Crippen LogP) is 1.73. The van der Waals surface area contributed by atoms with E-state index in [1.165, 1.54) is 0 Å². The summed E-state index contributed by atoms with van der Waals surface area (Å²) in [6.07, 6.45) is 13.2. The number of hydrogen-bond donors (Lipinski definition) is 2. The molecule has 76 valence electrons. The zero-order valence-corrected chi connectivity index (χ0v) is 8.19. The Morgan fingerprint density at radius 1 is 0.786 bits per heavy atom. The molecule has 0 fully saturated rings. The Bertz CT molecular complexity index is 253. The molecule has 2 heteroatoms. The minimum Gasteiger partial charge on any atom is -0.396 e. The summed E-state index contributed by atoms with van der Waals surface area (Å²) in [5, 5.41) is 17.6. The average molecular weight is 192 g/mol. The van der Waals surface area contributed by atoms with Crippen molar-refractivity contribution in [3.05, 3.63) is 47.6 Å². The average Bonchev–Trinajstić information content (AvgIpc) is 2.15. The molecule has 1 aliphatic rings. The van der Waals surface area contributed by atoms with E-state index in [0.717, 1.165) is 11.1 Å². The van der Waals surface area contributed by atoms with Crippen LogP contribution in [0.1, 0.15) is 12.8 Å². The SMILES string of the molecule is OCCC1=C/C=C(CCO)\C=C/C=C\1. The first-order valence-corrected chi connectivity index (χ1v) is 4.83. The zero-order chi connectivity index (χ0) is 10.2. The molecular formula is C12H16O2. The lowest BCUT2D eigenvalue weighted by Crippen LogP contribution is -1.89. The predicted molar refractivity (Wildman–Crippen MR) is 57.9 cm³/mol. The molecule has 0 heterocycles. The highest BCUT2D eigenvalue weighted by Gasteiger charge is 1.94. The van der Waals surface area contributed by atoms with E-state index in [2.05, 4.69) is 0 Å². The maximum Gasteiger partial charge on any atom is 0.0471 e. The van der Waals surface area contributed by atoms with Crippen LogP contribution in [0.4, 0.5) is 0 Å². The lowest BCUT2D eigenvalue weighted by Gasteiger charge is -2.02. The molecule has 0 saturated carbocycles. The Kier molecular flexibility index (Phi) is 4.97. The van der Waals surface area contributed by atoms with E-state index in [9.17, 15) is 0 Å². The van der Waals surface area contributed by atoms with Gasteiger partial charge in [-0.15, -0.1) is 0 Å². The summed E-state index contributed by atoms with van der Waals surface area (Å²) in [6, 6.07) is 0. The van der Waals surface area contributed by atoms with Crippen LogP contribution < -0.4 is 0 Å². The van der Waals surface area contributed by atoms with Crippen molar-refractivity contribution in [2.45, 2.75) is 12.8 Å². The van der Waals surface area contributed by atoms with E-state index in [4.69, 9.17) is 10.2 Å². The van der Waals surface area contributed by atoms with E-state index in [-0.39, 0.29) is 13.2 Å². The lowest BCUT2D eigenvalue weighted by atomic mass is 10.1. The molecule has 0 radical (unpaired) electrons. The van der Waals surface area contributed by atoms with Gasteiger partial charge in [-0.05, 0) is 24.0 Å². The van der Waals surface area contributed by atoms with Crippen molar-refractivity contribution < 1.29 is 10.2 Å². The molecule has 0 atom stereocenters. The molecule has 2 N–H and O–H groups in total. The molecule has 0 bridgehead atoms. The Morgan fingerprint density at radius 3 is 1.57 bits per heavy atom. The third-order valence-electron chi connectivity index (χ3n) is 2.04. The number of aliphatic hydroxyl groups is 2. The second-order valence-corrected chi connectivity index (χ2v) is 3.15. The second-order valence-electron chi connectivity index (χ2n) is 3.15. The fourth-order valence-electron chi connectivity index (χ4n) is 1.28. The molecule has 0 aliphatic heterocycles. The summed E-state index contributed by atoms with van der Waals surface area (Å²) in [6.45, 7) is 0.339. The summed E-state index contributed by atoms with van der Waals surface area (Å²) in [4.78, 5) is 0. The highest BCUT2D eigenvalue weighted by Crippen LogP contribution is 2.11. The van der Waals surface area contributed by atoms with Gasteiger partial charge in [0.15, 0.2) is 0 Å². The molecule has 14 heavy (non-hydrogen) atoms. The molecular weight excluding hydrogens is 176 g/mol. The van der Waals surface area contributed by atoms with E-state index in [0.29, 0.717) is 12.8 Å². The number of allylic oxidation sites excluding steroid dienone is 6. The molecule has 0 aromatic carbocycles. The smallest absolute Gasteiger partial charge is 0.0471 e. The Hall–Kier alpha value is -1.12. The van der Waals surface area contributed by atoms with Crippen molar-refractivity contribution in [2.24, 2.45) is 0 Å². The van der Waals surface area contributed by atoms with Crippen LogP contribution in [0.3, 0.4) is 0 Å². The standard InChI is InChI=1S/C12H16O2/c13-9-7-11-3-1-2-4-12(6-5-11)8-10-14/h1-6,13-14H,7-10H2/b2-1?,3-1-,4-2-,6-5?,11-3?,11-5+,12-4?,12-6+. The van der Waals surface area contributed by atoms with Crippen LogP contribution in [0.25, 0.3) is 0 Å². The molecule has 0 amide bonds. The van der Waals surface area contributed by atoms with Gasteiger partial charge in [0.05, 0.1) is 0 Å². The summed E-state index contributed by atoms with van der Waals surface area (Å²) >= 11 is 0. The van der Waals surface area contributed by atoms with Crippen LogP contribution in [0.5, 0.6) is 0 Å². The Balaban J connectivity index is 2.71. The normalized spacial score (nSPS) is 27.9. The van der Waals surface area contributed by atoms with Crippen LogP contribution >= 0.6 is 0 Å². The van der Waals surface area contributed by atoms with Gasteiger partial charge in [0.25, 0.3) is 0 Å². The van der Waals surface area contributed by atoms with Gasteiger partial charge in [0.2, 0.25) is 0 Å². The first kappa shape index (κ1) is 11.0. The molecule has 0 aromatic heterocycles. The maximum absolute atomic E-state index is 8.80. The van der Waals surface area contributed by atoms with Crippen LogP contribution in [-0.4, -0.2) is 23.4 Å². The van der Waals surface area contributed by atoms with Crippen LogP contribution in [0.2, 0.25) is 0 Å². The van der Waals surface area contributed by atoms with Gasteiger partial charge in [-0.25, -0.2) is 0 Å². The largest absolute Gasteiger partial charge is 0.396 e. The monoisotopic (exact) mass is 192 g/mol. The number of hydrogen-bond acceptors (Lipinski definition) is 2. The van der Waals surface area contributed by atoms with E-state index >= 15 is 0 Å². The van der Waals surface area contributed by atoms with Gasteiger partial charge < -0.3 is 10.2 Å². The Morgan fingerprint density at radius 2 is 1.21 bits per heavy atom. The van der Waals surface area contributed by atoms with E-state index in [1.54, 1.807) is 0 Å². The first-order valence-electron chi connectivity index (χ1n) is 4.83. The highest BCUT2D eigenvalue weighted by atomic mass is 16.3. The quantitative estimate of drug-likeness (QED) is 0.712. The molecule has 0 aromatic rings.